The van der Waals surface area contributed by atoms with Crippen LogP contribution in [0.25, 0.3) is 0 Å². The van der Waals surface area contributed by atoms with Crippen LogP contribution in [0.5, 0.6) is 0 Å². The van der Waals surface area contributed by atoms with Crippen molar-refractivity contribution < 1.29 is 13.9 Å². The van der Waals surface area contributed by atoms with Crippen LogP contribution in [0.15, 0.2) is 35.5 Å². The Morgan fingerprint density at radius 1 is 1.75 bits per heavy atom. The van der Waals surface area contributed by atoms with Crippen molar-refractivity contribution in [2.24, 2.45) is 0 Å². The maximum Gasteiger partial charge on any atom is 0.330 e. The van der Waals surface area contributed by atoms with E-state index < -0.39 is 5.97 Å². The van der Waals surface area contributed by atoms with Crippen LogP contribution < -0.4 is 0 Å². The zero-order chi connectivity index (χ0) is 8.81. The first-order valence-corrected chi connectivity index (χ1v) is 3.64. The molecule has 0 aromatic carbocycles. The topological polar surface area (TPSA) is 39.4 Å². The van der Waals surface area contributed by atoms with Gasteiger partial charge in [-0.1, -0.05) is 6.58 Å². The molecule has 0 fully saturated rings. The molecule has 3 nitrogen and oxygen atoms in total. The molecule has 0 saturated heterocycles. The maximum absolute atomic E-state index is 10.6. The Morgan fingerprint density at radius 2 is 2.58 bits per heavy atom. The lowest BCUT2D eigenvalue weighted by atomic mass is 10.3. The normalized spacial score (nSPS) is 9.33. The predicted molar refractivity (Wildman–Crippen MR) is 43.6 cm³/mol. The van der Waals surface area contributed by atoms with Crippen LogP contribution >= 0.6 is 0 Å². The highest BCUT2D eigenvalue weighted by atomic mass is 16.5. The molecule has 1 heterocycles. The van der Waals surface area contributed by atoms with Gasteiger partial charge in [0.1, 0.15) is 5.76 Å². The summed E-state index contributed by atoms with van der Waals surface area (Å²) in [4.78, 5) is 10.6. The molecule has 0 radical (unpaired) electrons. The predicted octanol–water partition coefficient (Wildman–Crippen LogP) is 1.55. The summed E-state index contributed by atoms with van der Waals surface area (Å²) in [7, 11) is 0. The van der Waals surface area contributed by atoms with Gasteiger partial charge in [-0.2, -0.15) is 0 Å². The molecule has 0 spiro atoms. The number of carbonyl (C=O) groups is 1. The van der Waals surface area contributed by atoms with Crippen molar-refractivity contribution in [2.75, 3.05) is 6.61 Å². The summed E-state index contributed by atoms with van der Waals surface area (Å²) in [5, 5.41) is 0. The molecule has 12 heavy (non-hydrogen) atoms. The van der Waals surface area contributed by atoms with Crippen LogP contribution in [0, 0.1) is 0 Å². The lowest BCUT2D eigenvalue weighted by molar-refractivity contribution is -0.137. The second-order valence-electron chi connectivity index (χ2n) is 2.20. The standard InChI is InChI=1S/C9H10O3/c1-2-9(10)12-7-5-8-4-3-6-11-8/h2-4,6H,1,5,7H2. The molecule has 1 aromatic rings. The number of carbonyl (C=O) groups excluding carboxylic acids is 1. The number of rotatable bonds is 4. The molecule has 0 amide bonds. The van der Waals surface area contributed by atoms with Crippen molar-refractivity contribution in [3.63, 3.8) is 0 Å². The maximum atomic E-state index is 10.6. The van der Waals surface area contributed by atoms with E-state index in [1.165, 1.54) is 0 Å². The monoisotopic (exact) mass is 166 g/mol. The largest absolute Gasteiger partial charge is 0.469 e. The molecule has 0 aliphatic rings. The van der Waals surface area contributed by atoms with Crippen molar-refractivity contribution in [1.82, 2.24) is 0 Å². The van der Waals surface area contributed by atoms with Crippen molar-refractivity contribution in [3.05, 3.63) is 36.8 Å². The highest BCUT2D eigenvalue weighted by molar-refractivity contribution is 5.81. The van der Waals surface area contributed by atoms with Gasteiger partial charge < -0.3 is 9.15 Å². The Balaban J connectivity index is 2.19. The molecule has 0 bridgehead atoms. The zero-order valence-corrected chi connectivity index (χ0v) is 6.66. The Bertz CT molecular complexity index is 249. The highest BCUT2D eigenvalue weighted by Crippen LogP contribution is 2.00. The van der Waals surface area contributed by atoms with Crippen LogP contribution in [0.1, 0.15) is 5.76 Å². The van der Waals surface area contributed by atoms with E-state index in [-0.39, 0.29) is 0 Å². The van der Waals surface area contributed by atoms with Crippen LogP contribution in [0.2, 0.25) is 0 Å². The third kappa shape index (κ3) is 2.62. The van der Waals surface area contributed by atoms with Gasteiger partial charge in [0.2, 0.25) is 0 Å². The summed E-state index contributed by atoms with van der Waals surface area (Å²) < 4.78 is 9.78. The molecular weight excluding hydrogens is 156 g/mol. The van der Waals surface area contributed by atoms with Gasteiger partial charge in [-0.3, -0.25) is 0 Å². The first kappa shape index (κ1) is 8.59. The second-order valence-corrected chi connectivity index (χ2v) is 2.20. The first-order chi connectivity index (χ1) is 5.83. The van der Waals surface area contributed by atoms with Gasteiger partial charge in [-0.25, -0.2) is 4.79 Å². The minimum Gasteiger partial charge on any atom is -0.469 e. The summed E-state index contributed by atoms with van der Waals surface area (Å²) in [6.45, 7) is 3.61. The fourth-order valence-electron chi connectivity index (χ4n) is 0.766. The summed E-state index contributed by atoms with van der Waals surface area (Å²) >= 11 is 0. The Kier molecular flexibility index (Phi) is 3.14. The number of ether oxygens (including phenoxy) is 1. The lowest BCUT2D eigenvalue weighted by Gasteiger charge is -1.98. The average Bonchev–Trinajstić information content (AvgIpc) is 2.57. The third-order valence-electron chi connectivity index (χ3n) is 1.34. The summed E-state index contributed by atoms with van der Waals surface area (Å²) in [6, 6.07) is 3.63. The van der Waals surface area contributed by atoms with Crippen LogP contribution in [-0.4, -0.2) is 12.6 Å². The molecule has 3 heteroatoms. The molecule has 0 N–H and O–H groups in total. The van der Waals surface area contributed by atoms with E-state index in [4.69, 9.17) is 9.15 Å². The lowest BCUT2D eigenvalue weighted by Crippen LogP contribution is -2.03. The van der Waals surface area contributed by atoms with E-state index in [0.717, 1.165) is 11.8 Å². The molecular formula is C9H10O3. The van der Waals surface area contributed by atoms with Gasteiger partial charge in [0.05, 0.1) is 12.9 Å². The summed E-state index contributed by atoms with van der Waals surface area (Å²) in [6.07, 6.45) is 3.33. The van der Waals surface area contributed by atoms with Gasteiger partial charge in [0.25, 0.3) is 0 Å². The Morgan fingerprint density at radius 3 is 3.17 bits per heavy atom. The first-order valence-electron chi connectivity index (χ1n) is 3.64. The minimum absolute atomic E-state index is 0.332. The van der Waals surface area contributed by atoms with E-state index in [9.17, 15) is 4.79 Å². The van der Waals surface area contributed by atoms with Crippen molar-refractivity contribution in [3.8, 4) is 0 Å². The quantitative estimate of drug-likeness (QED) is 0.503. The van der Waals surface area contributed by atoms with Gasteiger partial charge in [0.15, 0.2) is 0 Å². The van der Waals surface area contributed by atoms with E-state index in [2.05, 4.69) is 6.58 Å². The number of esters is 1. The van der Waals surface area contributed by atoms with E-state index >= 15 is 0 Å². The molecule has 0 saturated carbocycles. The molecule has 0 aliphatic heterocycles. The van der Waals surface area contributed by atoms with E-state index in [1.807, 2.05) is 6.07 Å². The average molecular weight is 166 g/mol. The fourth-order valence-corrected chi connectivity index (χ4v) is 0.766. The van der Waals surface area contributed by atoms with Gasteiger partial charge in [-0.05, 0) is 12.1 Å². The van der Waals surface area contributed by atoms with Gasteiger partial charge >= 0.3 is 5.97 Å². The van der Waals surface area contributed by atoms with Crippen LogP contribution in [-0.2, 0) is 16.0 Å². The van der Waals surface area contributed by atoms with Crippen LogP contribution in [0.3, 0.4) is 0 Å². The smallest absolute Gasteiger partial charge is 0.330 e. The van der Waals surface area contributed by atoms with Crippen molar-refractivity contribution >= 4 is 5.97 Å². The van der Waals surface area contributed by atoms with Gasteiger partial charge in [-0.15, -0.1) is 0 Å². The minimum atomic E-state index is -0.401. The molecule has 0 unspecified atom stereocenters. The summed E-state index contributed by atoms with van der Waals surface area (Å²) in [5.41, 5.74) is 0. The Labute approximate surface area is 70.6 Å². The molecule has 0 aliphatic carbocycles. The Hall–Kier alpha value is -1.51. The van der Waals surface area contributed by atoms with E-state index in [1.54, 1.807) is 12.3 Å². The molecule has 64 valence electrons. The third-order valence-corrected chi connectivity index (χ3v) is 1.34. The van der Waals surface area contributed by atoms with Crippen molar-refractivity contribution in [1.29, 1.82) is 0 Å². The SMILES string of the molecule is C=CC(=O)OCCc1ccco1. The highest BCUT2D eigenvalue weighted by Gasteiger charge is 1.97. The zero-order valence-electron chi connectivity index (χ0n) is 6.66. The molecule has 0 atom stereocenters. The number of hydrogen-bond acceptors (Lipinski definition) is 3. The van der Waals surface area contributed by atoms with Crippen molar-refractivity contribution in [2.45, 2.75) is 6.42 Å². The number of hydrogen-bond donors (Lipinski definition) is 0. The molecule has 1 rings (SSSR count). The summed E-state index contributed by atoms with van der Waals surface area (Å²) in [5.74, 6) is 0.411. The fraction of sp³-hybridized carbons (Fsp3) is 0.222. The van der Waals surface area contributed by atoms with E-state index in [0.29, 0.717) is 13.0 Å². The van der Waals surface area contributed by atoms with Crippen LogP contribution in [0.4, 0.5) is 0 Å². The number of furan rings is 1. The second kappa shape index (κ2) is 4.38. The van der Waals surface area contributed by atoms with Gasteiger partial charge in [0, 0.05) is 12.5 Å². The molecule has 1 aromatic heterocycles.